The summed E-state index contributed by atoms with van der Waals surface area (Å²) < 4.78 is 0. The first kappa shape index (κ1) is 21.2. The van der Waals surface area contributed by atoms with Crippen molar-refractivity contribution in [2.45, 2.75) is 6.54 Å². The standard InChI is InChI=1S/C23H21Cl2N5O/c1-30-11-10-26-22(30)16-4-2-15(3-5-16)13-27-20-8-6-17(24)12-19(20)23(31)29-21-9-7-18(25)14-28-21/h2-9,12,14,27H,10-11,13H2,1H3,(H,28,29,31). The van der Waals surface area contributed by atoms with Crippen molar-refractivity contribution in [1.29, 1.82) is 0 Å². The van der Waals surface area contributed by atoms with Crippen molar-refractivity contribution in [3.05, 3.63) is 87.5 Å². The third-order valence-electron chi connectivity index (χ3n) is 4.95. The van der Waals surface area contributed by atoms with E-state index in [9.17, 15) is 4.79 Å². The number of nitrogens with one attached hydrogen (secondary N) is 2. The first-order chi connectivity index (χ1) is 15.0. The zero-order valence-corrected chi connectivity index (χ0v) is 18.4. The van der Waals surface area contributed by atoms with E-state index in [4.69, 9.17) is 23.2 Å². The lowest BCUT2D eigenvalue weighted by Crippen LogP contribution is -2.23. The Kier molecular flexibility index (Phi) is 6.39. The summed E-state index contributed by atoms with van der Waals surface area (Å²) in [5, 5.41) is 7.08. The minimum absolute atomic E-state index is 0.308. The predicted octanol–water partition coefficient (Wildman–Crippen LogP) is 4.94. The van der Waals surface area contributed by atoms with Crippen LogP contribution in [0.25, 0.3) is 0 Å². The van der Waals surface area contributed by atoms with Crippen LogP contribution in [0.1, 0.15) is 21.5 Å². The van der Waals surface area contributed by atoms with Crippen LogP contribution in [0.4, 0.5) is 11.5 Å². The molecule has 1 aliphatic rings. The molecule has 0 saturated carbocycles. The number of halogens is 2. The number of anilines is 2. The zero-order chi connectivity index (χ0) is 21.8. The van der Waals surface area contributed by atoms with E-state index in [1.807, 2.05) is 7.05 Å². The number of pyridine rings is 1. The van der Waals surface area contributed by atoms with Crippen LogP contribution in [-0.2, 0) is 6.54 Å². The predicted molar refractivity (Wildman–Crippen MR) is 126 cm³/mol. The number of aromatic nitrogens is 1. The van der Waals surface area contributed by atoms with Crippen molar-refractivity contribution in [1.82, 2.24) is 9.88 Å². The molecular weight excluding hydrogens is 433 g/mol. The van der Waals surface area contributed by atoms with Gasteiger partial charge in [0, 0.05) is 42.6 Å². The molecule has 4 rings (SSSR count). The number of carbonyl (C=O) groups excluding carboxylic acids is 1. The molecule has 0 unspecified atom stereocenters. The highest BCUT2D eigenvalue weighted by atomic mass is 35.5. The van der Waals surface area contributed by atoms with Crippen LogP contribution in [0.5, 0.6) is 0 Å². The Bertz CT molecular complexity index is 1110. The maximum Gasteiger partial charge on any atom is 0.258 e. The number of benzene rings is 2. The van der Waals surface area contributed by atoms with Crippen LogP contribution >= 0.6 is 23.2 Å². The van der Waals surface area contributed by atoms with Gasteiger partial charge in [-0.15, -0.1) is 0 Å². The highest BCUT2D eigenvalue weighted by molar-refractivity contribution is 6.31. The molecule has 0 fully saturated rings. The summed E-state index contributed by atoms with van der Waals surface area (Å²) in [6, 6.07) is 16.7. The summed E-state index contributed by atoms with van der Waals surface area (Å²) in [5.74, 6) is 1.13. The van der Waals surface area contributed by atoms with Crippen LogP contribution in [0.15, 0.2) is 65.8 Å². The van der Waals surface area contributed by atoms with Gasteiger partial charge in [0.05, 0.1) is 17.1 Å². The minimum Gasteiger partial charge on any atom is -0.380 e. The van der Waals surface area contributed by atoms with Gasteiger partial charge in [0.2, 0.25) is 0 Å². The summed E-state index contributed by atoms with van der Waals surface area (Å²) in [6.45, 7) is 2.34. The number of hydrogen-bond donors (Lipinski definition) is 2. The smallest absolute Gasteiger partial charge is 0.258 e. The third kappa shape index (κ3) is 5.16. The van der Waals surface area contributed by atoms with Crippen molar-refractivity contribution >= 4 is 46.4 Å². The molecule has 8 heteroatoms. The minimum atomic E-state index is -0.308. The summed E-state index contributed by atoms with van der Waals surface area (Å²) in [5.41, 5.74) is 3.30. The normalized spacial score (nSPS) is 13.1. The fourth-order valence-electron chi connectivity index (χ4n) is 3.31. The summed E-state index contributed by atoms with van der Waals surface area (Å²) in [7, 11) is 2.05. The monoisotopic (exact) mass is 453 g/mol. The van der Waals surface area contributed by atoms with Crippen molar-refractivity contribution in [2.75, 3.05) is 30.8 Å². The van der Waals surface area contributed by atoms with Gasteiger partial charge in [-0.3, -0.25) is 9.79 Å². The number of rotatable bonds is 6. The second-order valence-corrected chi connectivity index (χ2v) is 8.06. The van der Waals surface area contributed by atoms with E-state index in [-0.39, 0.29) is 5.91 Å². The quantitative estimate of drug-likeness (QED) is 0.554. The van der Waals surface area contributed by atoms with E-state index < -0.39 is 0 Å². The van der Waals surface area contributed by atoms with E-state index in [0.717, 1.165) is 30.1 Å². The molecule has 1 aromatic heterocycles. The molecule has 1 aliphatic heterocycles. The van der Waals surface area contributed by atoms with Gasteiger partial charge in [-0.05, 0) is 35.9 Å². The molecular formula is C23H21Cl2N5O. The van der Waals surface area contributed by atoms with Crippen LogP contribution in [0, 0.1) is 0 Å². The van der Waals surface area contributed by atoms with Crippen molar-refractivity contribution < 1.29 is 4.79 Å². The van der Waals surface area contributed by atoms with Gasteiger partial charge in [0.25, 0.3) is 5.91 Å². The molecule has 0 radical (unpaired) electrons. The molecule has 0 saturated heterocycles. The lowest BCUT2D eigenvalue weighted by atomic mass is 10.1. The Morgan fingerprint density at radius 1 is 1.06 bits per heavy atom. The molecule has 0 atom stereocenters. The number of amides is 1. The molecule has 2 heterocycles. The first-order valence-corrected chi connectivity index (χ1v) is 10.6. The number of aliphatic imine (C=N–C) groups is 1. The average Bonchev–Trinajstić information content (AvgIpc) is 3.20. The molecule has 31 heavy (non-hydrogen) atoms. The number of amidine groups is 1. The van der Waals surface area contributed by atoms with Crippen LogP contribution in [0.2, 0.25) is 10.0 Å². The number of hydrogen-bond acceptors (Lipinski definition) is 5. The van der Waals surface area contributed by atoms with Gasteiger partial charge in [0.1, 0.15) is 11.7 Å². The molecule has 6 nitrogen and oxygen atoms in total. The topological polar surface area (TPSA) is 69.6 Å². The van der Waals surface area contributed by atoms with Crippen molar-refractivity contribution in [3.63, 3.8) is 0 Å². The largest absolute Gasteiger partial charge is 0.380 e. The molecule has 1 amide bonds. The molecule has 2 N–H and O–H groups in total. The fourth-order valence-corrected chi connectivity index (χ4v) is 3.59. The van der Waals surface area contributed by atoms with Gasteiger partial charge in [-0.2, -0.15) is 0 Å². The van der Waals surface area contributed by atoms with E-state index in [1.54, 1.807) is 30.3 Å². The van der Waals surface area contributed by atoms with Gasteiger partial charge < -0.3 is 15.5 Å². The van der Waals surface area contributed by atoms with E-state index >= 15 is 0 Å². The Labute approximate surface area is 190 Å². The van der Waals surface area contributed by atoms with Gasteiger partial charge in [-0.1, -0.05) is 47.5 Å². The molecule has 3 aromatic rings. The van der Waals surface area contributed by atoms with Crippen LogP contribution in [0.3, 0.4) is 0 Å². The number of carbonyl (C=O) groups is 1. The second-order valence-electron chi connectivity index (χ2n) is 7.18. The zero-order valence-electron chi connectivity index (χ0n) is 16.9. The fraction of sp³-hybridized carbons (Fsp3) is 0.174. The van der Waals surface area contributed by atoms with Crippen molar-refractivity contribution in [2.24, 2.45) is 4.99 Å². The maximum absolute atomic E-state index is 12.8. The van der Waals surface area contributed by atoms with Crippen LogP contribution in [-0.4, -0.2) is 41.8 Å². The summed E-state index contributed by atoms with van der Waals surface area (Å²) in [6.07, 6.45) is 1.48. The highest BCUT2D eigenvalue weighted by Gasteiger charge is 2.15. The Morgan fingerprint density at radius 2 is 1.84 bits per heavy atom. The molecule has 0 aliphatic carbocycles. The highest BCUT2D eigenvalue weighted by Crippen LogP contribution is 2.23. The second kappa shape index (κ2) is 9.37. The first-order valence-electron chi connectivity index (χ1n) is 9.81. The molecule has 0 spiro atoms. The summed E-state index contributed by atoms with van der Waals surface area (Å²) in [4.78, 5) is 23.6. The Hall–Kier alpha value is -3.09. The number of likely N-dealkylation sites (N-methyl/N-ethyl adjacent to an activating group) is 1. The average molecular weight is 454 g/mol. The lowest BCUT2D eigenvalue weighted by Gasteiger charge is -2.15. The molecule has 158 valence electrons. The molecule has 2 aromatic carbocycles. The Balaban J connectivity index is 1.46. The van der Waals surface area contributed by atoms with Gasteiger partial charge in [0.15, 0.2) is 0 Å². The maximum atomic E-state index is 12.8. The lowest BCUT2D eigenvalue weighted by molar-refractivity contribution is 0.102. The molecule has 0 bridgehead atoms. The van der Waals surface area contributed by atoms with Crippen LogP contribution < -0.4 is 10.6 Å². The third-order valence-corrected chi connectivity index (χ3v) is 5.41. The van der Waals surface area contributed by atoms with Gasteiger partial charge in [-0.25, -0.2) is 4.98 Å². The van der Waals surface area contributed by atoms with E-state index in [2.05, 4.69) is 49.8 Å². The van der Waals surface area contributed by atoms with E-state index in [1.165, 1.54) is 6.20 Å². The number of nitrogens with zero attached hydrogens (tertiary/aromatic N) is 3. The van der Waals surface area contributed by atoms with Crippen molar-refractivity contribution in [3.8, 4) is 0 Å². The Morgan fingerprint density at radius 3 is 2.52 bits per heavy atom. The SMILES string of the molecule is CN1CCN=C1c1ccc(CNc2ccc(Cl)cc2C(=O)Nc2ccc(Cl)cn2)cc1. The summed E-state index contributed by atoms with van der Waals surface area (Å²) >= 11 is 12.0. The van der Waals surface area contributed by atoms with E-state index in [0.29, 0.717) is 33.7 Å². The van der Waals surface area contributed by atoms with Gasteiger partial charge >= 0.3 is 0 Å².